The number of aliphatic hydroxyl groups is 1. The smallest absolute Gasteiger partial charge is 0.303 e. The molecule has 0 aromatic heterocycles. The van der Waals surface area contributed by atoms with Crippen LogP contribution in [-0.4, -0.2) is 34.7 Å². The number of aliphatic carboxylic acids is 1. The van der Waals surface area contributed by atoms with Crippen LogP contribution in [0.4, 0.5) is 0 Å². The molecular weight excluding hydrogens is 380 g/mol. The topological polar surface area (TPSA) is 83.8 Å². The first-order valence-corrected chi connectivity index (χ1v) is 9.67. The van der Waals surface area contributed by atoms with Crippen LogP contribution in [0.3, 0.4) is 0 Å². The zero-order valence-corrected chi connectivity index (χ0v) is 16.3. The molecule has 1 aliphatic carbocycles. The van der Waals surface area contributed by atoms with Crippen LogP contribution in [0.2, 0.25) is 5.02 Å². The largest absolute Gasteiger partial charge is 0.491 e. The summed E-state index contributed by atoms with van der Waals surface area (Å²) in [5.74, 6) is -0.459. The molecule has 1 aliphatic rings. The molecule has 150 valence electrons. The third kappa shape index (κ3) is 7.71. The number of carbonyl (C=O) groups is 2. The summed E-state index contributed by atoms with van der Waals surface area (Å²) in [5, 5.41) is 19.3. The molecule has 0 fully saturated rings. The fourth-order valence-electron chi connectivity index (χ4n) is 2.91. The lowest BCUT2D eigenvalue weighted by atomic mass is 9.91. The van der Waals surface area contributed by atoms with E-state index in [4.69, 9.17) is 21.4 Å². The maximum Gasteiger partial charge on any atom is 0.303 e. The lowest BCUT2D eigenvalue weighted by Crippen LogP contribution is -2.17. The van der Waals surface area contributed by atoms with Gasteiger partial charge in [-0.1, -0.05) is 48.0 Å². The molecule has 1 aromatic carbocycles. The van der Waals surface area contributed by atoms with Crippen LogP contribution in [0.1, 0.15) is 25.7 Å². The molecule has 5 nitrogen and oxygen atoms in total. The van der Waals surface area contributed by atoms with E-state index in [1.807, 2.05) is 18.2 Å². The number of ketones is 1. The van der Waals surface area contributed by atoms with Crippen LogP contribution in [0.25, 0.3) is 0 Å². The molecule has 0 heterocycles. The number of allylic oxidation sites excluding steroid dienone is 5. The van der Waals surface area contributed by atoms with Crippen molar-refractivity contribution in [2.45, 2.75) is 31.8 Å². The van der Waals surface area contributed by atoms with Crippen molar-refractivity contribution in [2.75, 3.05) is 6.61 Å². The van der Waals surface area contributed by atoms with E-state index in [9.17, 15) is 14.7 Å². The predicted molar refractivity (Wildman–Crippen MR) is 108 cm³/mol. The van der Waals surface area contributed by atoms with Gasteiger partial charge in [0, 0.05) is 17.4 Å². The van der Waals surface area contributed by atoms with Gasteiger partial charge in [0.1, 0.15) is 18.5 Å². The van der Waals surface area contributed by atoms with Gasteiger partial charge in [-0.05, 0) is 49.5 Å². The third-order valence-electron chi connectivity index (χ3n) is 4.39. The fourth-order valence-corrected chi connectivity index (χ4v) is 3.09. The molecule has 3 atom stereocenters. The Balaban J connectivity index is 1.78. The first-order valence-electron chi connectivity index (χ1n) is 9.29. The van der Waals surface area contributed by atoms with E-state index in [1.165, 1.54) is 0 Å². The highest BCUT2D eigenvalue weighted by Gasteiger charge is 2.26. The number of benzene rings is 1. The van der Waals surface area contributed by atoms with Crippen molar-refractivity contribution in [1.29, 1.82) is 0 Å². The first-order chi connectivity index (χ1) is 13.5. The van der Waals surface area contributed by atoms with Crippen molar-refractivity contribution < 1.29 is 24.5 Å². The van der Waals surface area contributed by atoms with Crippen LogP contribution in [0.15, 0.2) is 60.7 Å². The summed E-state index contributed by atoms with van der Waals surface area (Å²) in [6.45, 7) is 0.0688. The number of carboxylic acids is 1. The van der Waals surface area contributed by atoms with Gasteiger partial charge in [0.15, 0.2) is 5.78 Å². The number of rotatable bonds is 11. The van der Waals surface area contributed by atoms with E-state index >= 15 is 0 Å². The molecule has 2 rings (SSSR count). The minimum Gasteiger partial charge on any atom is -0.491 e. The van der Waals surface area contributed by atoms with Crippen molar-refractivity contribution >= 4 is 23.4 Å². The molecule has 0 saturated heterocycles. The number of ether oxygens (including phenoxy) is 1. The van der Waals surface area contributed by atoms with Crippen molar-refractivity contribution in [3.63, 3.8) is 0 Å². The third-order valence-corrected chi connectivity index (χ3v) is 4.63. The Kier molecular flexibility index (Phi) is 8.98. The van der Waals surface area contributed by atoms with E-state index < -0.39 is 12.1 Å². The fraction of sp³-hybridized carbons (Fsp3) is 0.364. The quantitative estimate of drug-likeness (QED) is 0.426. The summed E-state index contributed by atoms with van der Waals surface area (Å²) in [6.07, 6.45) is 12.0. The molecule has 1 aromatic rings. The van der Waals surface area contributed by atoms with Crippen molar-refractivity contribution in [1.82, 2.24) is 0 Å². The van der Waals surface area contributed by atoms with Gasteiger partial charge < -0.3 is 14.9 Å². The first kappa shape index (κ1) is 21.9. The molecule has 0 radical (unpaired) electrons. The van der Waals surface area contributed by atoms with Crippen molar-refractivity contribution in [2.24, 2.45) is 11.8 Å². The Labute approximate surface area is 170 Å². The van der Waals surface area contributed by atoms with Crippen molar-refractivity contribution in [3.05, 3.63) is 65.7 Å². The second kappa shape index (κ2) is 11.5. The Morgan fingerprint density at radius 1 is 1.32 bits per heavy atom. The van der Waals surface area contributed by atoms with Crippen LogP contribution in [-0.2, 0) is 9.59 Å². The standard InChI is InChI=1S/C22H25ClO5/c23-17-7-5-8-19(14-17)28-15-18(24)11-12-20-16(10-13-21(20)25)6-3-1-2-4-9-22(26)27/h1,3,5,7-8,10-14,16,18,20,24H,2,4,6,9,15H2,(H,26,27)/b3-1-,12-11+/t16-,18+,20+/m0/s1. The van der Waals surface area contributed by atoms with Gasteiger partial charge in [-0.25, -0.2) is 0 Å². The molecule has 0 saturated carbocycles. The molecular formula is C22H25ClO5. The molecule has 0 aliphatic heterocycles. The Morgan fingerprint density at radius 3 is 2.89 bits per heavy atom. The normalized spacial score (nSPS) is 20.3. The number of halogens is 1. The second-order valence-corrected chi connectivity index (χ2v) is 7.10. The summed E-state index contributed by atoms with van der Waals surface area (Å²) in [6, 6.07) is 6.93. The average molecular weight is 405 g/mol. The monoisotopic (exact) mass is 404 g/mol. The molecule has 0 spiro atoms. The Hall–Kier alpha value is -2.37. The van der Waals surface area contributed by atoms with Gasteiger partial charge in [0.25, 0.3) is 0 Å². The summed E-state index contributed by atoms with van der Waals surface area (Å²) in [4.78, 5) is 22.5. The van der Waals surface area contributed by atoms with E-state index in [0.717, 1.165) is 0 Å². The van der Waals surface area contributed by atoms with Gasteiger partial charge in [-0.2, -0.15) is 0 Å². The molecule has 2 N–H and O–H groups in total. The van der Waals surface area contributed by atoms with E-state index in [2.05, 4.69) is 0 Å². The number of hydrogen-bond acceptors (Lipinski definition) is 4. The Morgan fingerprint density at radius 2 is 2.14 bits per heavy atom. The number of unbranched alkanes of at least 4 members (excludes halogenated alkanes) is 1. The molecule has 28 heavy (non-hydrogen) atoms. The summed E-state index contributed by atoms with van der Waals surface area (Å²) in [7, 11) is 0. The van der Waals surface area contributed by atoms with E-state index in [0.29, 0.717) is 30.0 Å². The van der Waals surface area contributed by atoms with Gasteiger partial charge in [-0.3, -0.25) is 9.59 Å². The highest BCUT2D eigenvalue weighted by atomic mass is 35.5. The van der Waals surface area contributed by atoms with Crippen LogP contribution >= 0.6 is 11.6 Å². The average Bonchev–Trinajstić information content (AvgIpc) is 3.00. The minimum atomic E-state index is -0.834. The van der Waals surface area contributed by atoms with Gasteiger partial charge in [-0.15, -0.1) is 0 Å². The zero-order valence-electron chi connectivity index (χ0n) is 15.5. The van der Waals surface area contributed by atoms with E-state index in [-0.39, 0.29) is 30.6 Å². The zero-order chi connectivity index (χ0) is 20.4. The highest BCUT2D eigenvalue weighted by molar-refractivity contribution is 6.30. The molecule has 0 amide bonds. The van der Waals surface area contributed by atoms with Gasteiger partial charge in [0.2, 0.25) is 0 Å². The molecule has 6 heteroatoms. The van der Waals surface area contributed by atoms with Crippen LogP contribution in [0.5, 0.6) is 5.75 Å². The SMILES string of the molecule is O=C(O)CCC/C=C\C[C@H]1C=CC(=O)[C@@H]1/C=C/[C@@H](O)COc1cccc(Cl)c1. The lowest BCUT2D eigenvalue weighted by Gasteiger charge is -2.14. The molecule has 0 bridgehead atoms. The van der Waals surface area contributed by atoms with Gasteiger partial charge in [0.05, 0.1) is 0 Å². The summed E-state index contributed by atoms with van der Waals surface area (Å²) >= 11 is 5.89. The lowest BCUT2D eigenvalue weighted by molar-refractivity contribution is -0.137. The minimum absolute atomic E-state index is 0.0171. The van der Waals surface area contributed by atoms with Crippen molar-refractivity contribution in [3.8, 4) is 5.75 Å². The van der Waals surface area contributed by atoms with E-state index in [1.54, 1.807) is 42.5 Å². The maximum atomic E-state index is 12.1. The number of hydrogen-bond donors (Lipinski definition) is 2. The number of carbonyl (C=O) groups excluding carboxylic acids is 1. The molecule has 0 unspecified atom stereocenters. The summed E-state index contributed by atoms with van der Waals surface area (Å²) in [5.41, 5.74) is 0. The van der Waals surface area contributed by atoms with Gasteiger partial charge >= 0.3 is 5.97 Å². The van der Waals surface area contributed by atoms with Crippen LogP contribution in [0, 0.1) is 11.8 Å². The number of aliphatic hydroxyl groups excluding tert-OH is 1. The highest BCUT2D eigenvalue weighted by Crippen LogP contribution is 2.27. The second-order valence-electron chi connectivity index (χ2n) is 6.66. The van der Waals surface area contributed by atoms with Crippen LogP contribution < -0.4 is 4.74 Å². The predicted octanol–water partition coefficient (Wildman–Crippen LogP) is 4.21. The number of carboxylic acid groups (broad SMARTS) is 1. The summed E-state index contributed by atoms with van der Waals surface area (Å²) < 4.78 is 5.50. The maximum absolute atomic E-state index is 12.1. The Bertz CT molecular complexity index is 753.